The molecule has 0 amide bonds. The van der Waals surface area contributed by atoms with E-state index in [9.17, 15) is 30.6 Å². The molecule has 3 heterocycles. The zero-order valence-corrected chi connectivity index (χ0v) is 32.4. The number of rotatable bonds is 31. The zero-order valence-electron chi connectivity index (χ0n) is 32.4. The average Bonchev–Trinajstić information content (AvgIpc) is 3.85. The molecule has 7 N–H and O–H groups in total. The van der Waals surface area contributed by atoms with Crippen LogP contribution in [0.15, 0.2) is 6.07 Å². The average molecular weight is 741 g/mol. The summed E-state index contributed by atoms with van der Waals surface area (Å²) < 4.78 is 16.9. The van der Waals surface area contributed by atoms with Crippen LogP contribution in [0.4, 0.5) is 0 Å². The highest BCUT2D eigenvalue weighted by Gasteiger charge is 2.44. The van der Waals surface area contributed by atoms with Gasteiger partial charge in [0.15, 0.2) is 6.29 Å². The summed E-state index contributed by atoms with van der Waals surface area (Å²) >= 11 is 0. The second-order valence-electron chi connectivity index (χ2n) is 15.8. The summed E-state index contributed by atoms with van der Waals surface area (Å²) in [5, 5.41) is 70.5. The molecule has 9 atom stereocenters. The van der Waals surface area contributed by atoms with Crippen molar-refractivity contribution in [1.29, 1.82) is 0 Å². The summed E-state index contributed by atoms with van der Waals surface area (Å²) in [5.41, 5.74) is 1.50. The molecule has 2 aliphatic heterocycles. The molecule has 6 unspecified atom stereocenters. The van der Waals surface area contributed by atoms with Gasteiger partial charge >= 0.3 is 0 Å². The lowest BCUT2D eigenvalue weighted by Gasteiger charge is -2.40. The Kier molecular flexibility index (Phi) is 23.9. The van der Waals surface area contributed by atoms with Gasteiger partial charge in [-0.25, -0.2) is 0 Å². The van der Waals surface area contributed by atoms with Crippen LogP contribution >= 0.6 is 0 Å². The van der Waals surface area contributed by atoms with Crippen LogP contribution in [-0.2, 0) is 20.6 Å². The van der Waals surface area contributed by atoms with Gasteiger partial charge in [-0.15, -0.1) is 0 Å². The number of aryl methyl sites for hydroxylation is 1. The lowest BCUT2D eigenvalue weighted by atomic mass is 9.91. The molecule has 0 radical (unpaired) electrons. The third kappa shape index (κ3) is 17.1. The normalized spacial score (nSPS) is 25.4. The van der Waals surface area contributed by atoms with Crippen molar-refractivity contribution in [3.63, 3.8) is 0 Å². The van der Waals surface area contributed by atoms with E-state index in [4.69, 9.17) is 14.2 Å². The predicted octanol–water partition coefficient (Wildman–Crippen LogP) is 6.21. The van der Waals surface area contributed by atoms with E-state index in [1.807, 2.05) is 6.07 Å². The molecule has 0 saturated carbocycles. The van der Waals surface area contributed by atoms with E-state index in [1.165, 1.54) is 109 Å². The minimum atomic E-state index is -1.57. The molecular formula is C41H76N2O9. The van der Waals surface area contributed by atoms with Crippen molar-refractivity contribution in [2.75, 3.05) is 26.4 Å². The summed E-state index contributed by atoms with van der Waals surface area (Å²) in [4.78, 5) is 0. The summed E-state index contributed by atoms with van der Waals surface area (Å²) in [5.74, 6) is 0.0523. The summed E-state index contributed by atoms with van der Waals surface area (Å²) in [7, 11) is 0. The molecule has 0 bridgehead atoms. The number of ether oxygens (including phenoxy) is 3. The van der Waals surface area contributed by atoms with Crippen LogP contribution in [0.5, 0.6) is 0 Å². The quantitative estimate of drug-likeness (QED) is 0.0433. The molecule has 0 aliphatic carbocycles. The first-order valence-corrected chi connectivity index (χ1v) is 21.3. The maximum atomic E-state index is 11.4. The monoisotopic (exact) mass is 741 g/mol. The van der Waals surface area contributed by atoms with Crippen LogP contribution in [-0.4, -0.2) is 110 Å². The molecule has 2 aliphatic rings. The van der Waals surface area contributed by atoms with Crippen molar-refractivity contribution in [2.45, 2.75) is 210 Å². The van der Waals surface area contributed by atoms with Crippen molar-refractivity contribution in [1.82, 2.24) is 10.2 Å². The standard InChI is InChI=1S/C41H76N2O9/c1-2-3-4-5-6-7-8-9-10-15-18-21-24-35(45)37(46)33(30-51-41-40(49)39(48)38(47)36(28-44)52-41)34-27-32(42-43-34)23-20-17-14-12-11-13-16-19-22-31-25-26-50-29-31/h27,31,33,35-41,44-49H,2-26,28-30H2,1H3,(H,42,43)/t31?,33-,35-,36?,37+,38?,39?,40?,41?/m1/s1. The number of nitrogens with zero attached hydrogens (tertiary/aromatic N) is 1. The van der Waals surface area contributed by atoms with Crippen LogP contribution in [0, 0.1) is 5.92 Å². The second-order valence-corrected chi connectivity index (χ2v) is 15.8. The summed E-state index contributed by atoms with van der Waals surface area (Å²) in [6.45, 7) is 3.42. The van der Waals surface area contributed by atoms with E-state index in [2.05, 4.69) is 17.1 Å². The molecule has 0 aromatic carbocycles. The molecule has 3 rings (SSSR count). The van der Waals surface area contributed by atoms with Crippen LogP contribution < -0.4 is 0 Å². The molecule has 2 saturated heterocycles. The van der Waals surface area contributed by atoms with Gasteiger partial charge in [0.2, 0.25) is 0 Å². The van der Waals surface area contributed by atoms with E-state index in [0.29, 0.717) is 12.1 Å². The SMILES string of the molecule is CCCCCCCCCCCCCC[C@@H](O)[C@@H](O)[C@H](COC1OC(CO)C(O)C(O)C1O)c1cc(CCCCCCCCCCC2CCOC2)[nH]n1. The number of aliphatic hydroxyl groups is 6. The van der Waals surface area contributed by atoms with Crippen molar-refractivity contribution >= 4 is 0 Å². The maximum absolute atomic E-state index is 11.4. The van der Waals surface area contributed by atoms with Gasteiger partial charge in [-0.3, -0.25) is 5.10 Å². The topological polar surface area (TPSA) is 178 Å². The first kappa shape index (κ1) is 45.2. The lowest BCUT2D eigenvalue weighted by Crippen LogP contribution is -2.59. The van der Waals surface area contributed by atoms with Gasteiger partial charge in [0, 0.05) is 18.9 Å². The number of aromatic amines is 1. The van der Waals surface area contributed by atoms with Crippen molar-refractivity contribution in [3.05, 3.63) is 17.5 Å². The Bertz CT molecular complexity index is 991. The van der Waals surface area contributed by atoms with Crippen LogP contribution in [0.1, 0.15) is 172 Å². The minimum Gasteiger partial charge on any atom is -0.394 e. The number of nitrogens with one attached hydrogen (secondary N) is 1. The van der Waals surface area contributed by atoms with Crippen LogP contribution in [0.25, 0.3) is 0 Å². The number of unbranched alkanes of at least 4 members (excludes halogenated alkanes) is 18. The third-order valence-electron chi connectivity index (χ3n) is 11.3. The van der Waals surface area contributed by atoms with E-state index >= 15 is 0 Å². The third-order valence-corrected chi connectivity index (χ3v) is 11.3. The molecule has 1 aromatic heterocycles. The van der Waals surface area contributed by atoms with Crippen LogP contribution in [0.3, 0.4) is 0 Å². The second kappa shape index (κ2) is 27.4. The molecule has 304 valence electrons. The fourth-order valence-electron chi connectivity index (χ4n) is 7.71. The predicted molar refractivity (Wildman–Crippen MR) is 203 cm³/mol. The maximum Gasteiger partial charge on any atom is 0.186 e. The molecule has 11 heteroatoms. The molecule has 52 heavy (non-hydrogen) atoms. The van der Waals surface area contributed by atoms with E-state index in [-0.39, 0.29) is 6.61 Å². The van der Waals surface area contributed by atoms with Crippen molar-refractivity contribution < 1.29 is 44.8 Å². The number of H-pyrrole nitrogens is 1. The number of aromatic nitrogens is 2. The fourth-order valence-corrected chi connectivity index (χ4v) is 7.71. The van der Waals surface area contributed by atoms with Gasteiger partial charge in [0.05, 0.1) is 37.0 Å². The van der Waals surface area contributed by atoms with Gasteiger partial charge in [-0.05, 0) is 44.1 Å². The Morgan fingerprint density at radius 3 is 1.98 bits per heavy atom. The molecule has 2 fully saturated rings. The van der Waals surface area contributed by atoms with Gasteiger partial charge in [-0.2, -0.15) is 5.10 Å². The zero-order chi connectivity index (χ0) is 37.4. The van der Waals surface area contributed by atoms with Gasteiger partial charge < -0.3 is 44.8 Å². The number of hydrogen-bond acceptors (Lipinski definition) is 10. The summed E-state index contributed by atoms with van der Waals surface area (Å²) in [6.07, 6.45) is 19.0. The Labute approximate surface area is 314 Å². The number of hydrogen-bond donors (Lipinski definition) is 7. The Hall–Kier alpha value is -1.15. The molecule has 11 nitrogen and oxygen atoms in total. The van der Waals surface area contributed by atoms with E-state index in [1.54, 1.807) is 0 Å². The molecular weight excluding hydrogens is 664 g/mol. The number of aliphatic hydroxyl groups excluding tert-OH is 6. The first-order chi connectivity index (χ1) is 25.3. The van der Waals surface area contributed by atoms with Crippen LogP contribution in [0.2, 0.25) is 0 Å². The minimum absolute atomic E-state index is 0.155. The molecule has 1 aromatic rings. The lowest BCUT2D eigenvalue weighted by molar-refractivity contribution is -0.303. The van der Waals surface area contributed by atoms with E-state index < -0.39 is 55.4 Å². The van der Waals surface area contributed by atoms with Crippen molar-refractivity contribution in [3.8, 4) is 0 Å². The highest BCUT2D eigenvalue weighted by atomic mass is 16.7. The molecule has 0 spiro atoms. The smallest absolute Gasteiger partial charge is 0.186 e. The van der Waals surface area contributed by atoms with Crippen molar-refractivity contribution in [2.24, 2.45) is 5.92 Å². The van der Waals surface area contributed by atoms with Gasteiger partial charge in [-0.1, -0.05) is 129 Å². The Morgan fingerprint density at radius 2 is 1.38 bits per heavy atom. The largest absolute Gasteiger partial charge is 0.394 e. The van der Waals surface area contributed by atoms with Gasteiger partial charge in [0.1, 0.15) is 24.4 Å². The van der Waals surface area contributed by atoms with E-state index in [0.717, 1.165) is 63.4 Å². The Morgan fingerprint density at radius 1 is 0.788 bits per heavy atom. The first-order valence-electron chi connectivity index (χ1n) is 21.3. The summed E-state index contributed by atoms with van der Waals surface area (Å²) in [6, 6.07) is 1.91. The Balaban J connectivity index is 1.41. The highest BCUT2D eigenvalue weighted by molar-refractivity contribution is 5.16. The van der Waals surface area contributed by atoms with Gasteiger partial charge in [0.25, 0.3) is 0 Å². The fraction of sp³-hybridized carbons (Fsp3) is 0.927. The highest BCUT2D eigenvalue weighted by Crippen LogP contribution is 2.28.